The molecule has 0 aliphatic heterocycles. The third kappa shape index (κ3) is 4.36. The Kier molecular flexibility index (Phi) is 4.19. The van der Waals surface area contributed by atoms with Crippen molar-refractivity contribution in [1.82, 2.24) is 4.98 Å². The number of hydrogen-bond donors (Lipinski definition) is 2. The highest BCUT2D eigenvalue weighted by Gasteiger charge is 2.20. The Hall–Kier alpha value is -2.18. The fraction of sp³-hybridized carbons (Fsp3) is 0.455. The minimum absolute atomic E-state index is 0.0227. The van der Waals surface area contributed by atoms with E-state index in [1.54, 1.807) is 0 Å². The van der Waals surface area contributed by atoms with Crippen LogP contribution >= 0.6 is 0 Å². The van der Waals surface area contributed by atoms with Crippen molar-refractivity contribution in [3.8, 4) is 0 Å². The number of carbonyl (C=O) groups is 1. The molecule has 18 heavy (non-hydrogen) atoms. The van der Waals surface area contributed by atoms with Gasteiger partial charge in [0.15, 0.2) is 0 Å². The first-order valence-corrected chi connectivity index (χ1v) is 5.40. The second-order valence-electron chi connectivity index (χ2n) is 4.56. The molecule has 1 heterocycles. The van der Waals surface area contributed by atoms with Crippen molar-refractivity contribution in [2.24, 2.45) is 0 Å². The van der Waals surface area contributed by atoms with Crippen LogP contribution in [-0.2, 0) is 4.79 Å². The zero-order chi connectivity index (χ0) is 13.8. The summed E-state index contributed by atoms with van der Waals surface area (Å²) in [6.45, 7) is 3.63. The SMILES string of the molecule is CC(C)(CCC(=O)O)Nc1cc([N+](=O)[O-])ccn1. The van der Waals surface area contributed by atoms with Crippen LogP contribution in [0.15, 0.2) is 18.3 Å². The number of anilines is 1. The quantitative estimate of drug-likeness (QED) is 0.593. The summed E-state index contributed by atoms with van der Waals surface area (Å²) in [5.74, 6) is -0.517. The number of carboxylic acids is 1. The smallest absolute Gasteiger partial charge is 0.303 e. The van der Waals surface area contributed by atoms with E-state index in [9.17, 15) is 14.9 Å². The lowest BCUT2D eigenvalue weighted by molar-refractivity contribution is -0.384. The number of nitrogens with zero attached hydrogens (tertiary/aromatic N) is 2. The van der Waals surface area contributed by atoms with E-state index in [2.05, 4.69) is 10.3 Å². The van der Waals surface area contributed by atoms with Gasteiger partial charge < -0.3 is 10.4 Å². The summed E-state index contributed by atoms with van der Waals surface area (Å²) in [7, 11) is 0. The van der Waals surface area contributed by atoms with Crippen molar-refractivity contribution in [3.63, 3.8) is 0 Å². The van der Waals surface area contributed by atoms with Gasteiger partial charge in [-0.25, -0.2) is 4.98 Å². The highest BCUT2D eigenvalue weighted by Crippen LogP contribution is 2.21. The van der Waals surface area contributed by atoms with Crippen LogP contribution in [0.2, 0.25) is 0 Å². The number of rotatable bonds is 6. The predicted molar refractivity (Wildman–Crippen MR) is 65.5 cm³/mol. The van der Waals surface area contributed by atoms with E-state index >= 15 is 0 Å². The third-order valence-corrected chi connectivity index (χ3v) is 2.38. The molecule has 0 amide bonds. The molecule has 0 saturated carbocycles. The maximum Gasteiger partial charge on any atom is 0.303 e. The zero-order valence-corrected chi connectivity index (χ0v) is 10.2. The van der Waals surface area contributed by atoms with Crippen LogP contribution in [0.1, 0.15) is 26.7 Å². The fourth-order valence-corrected chi connectivity index (χ4v) is 1.43. The normalized spacial score (nSPS) is 11.0. The molecule has 7 heteroatoms. The summed E-state index contributed by atoms with van der Waals surface area (Å²) >= 11 is 0. The van der Waals surface area contributed by atoms with Crippen LogP contribution in [-0.4, -0.2) is 26.5 Å². The van der Waals surface area contributed by atoms with Gasteiger partial charge in [-0.05, 0) is 20.3 Å². The largest absolute Gasteiger partial charge is 0.481 e. The van der Waals surface area contributed by atoms with Gasteiger partial charge in [-0.1, -0.05) is 0 Å². The van der Waals surface area contributed by atoms with Crippen LogP contribution in [0.5, 0.6) is 0 Å². The van der Waals surface area contributed by atoms with Crippen LogP contribution in [0.3, 0.4) is 0 Å². The Morgan fingerprint density at radius 1 is 1.61 bits per heavy atom. The minimum Gasteiger partial charge on any atom is -0.481 e. The van der Waals surface area contributed by atoms with Gasteiger partial charge in [-0.15, -0.1) is 0 Å². The van der Waals surface area contributed by atoms with E-state index in [0.717, 1.165) is 0 Å². The topological polar surface area (TPSA) is 105 Å². The van der Waals surface area contributed by atoms with Crippen molar-refractivity contribution in [2.45, 2.75) is 32.2 Å². The molecular weight excluding hydrogens is 238 g/mol. The lowest BCUT2D eigenvalue weighted by atomic mass is 9.98. The average Bonchev–Trinajstić information content (AvgIpc) is 2.26. The molecule has 98 valence electrons. The molecule has 0 aromatic carbocycles. The lowest BCUT2D eigenvalue weighted by Crippen LogP contribution is -2.31. The molecule has 1 aromatic heterocycles. The summed E-state index contributed by atoms with van der Waals surface area (Å²) in [6, 6.07) is 2.62. The molecule has 0 bridgehead atoms. The molecule has 1 rings (SSSR count). The third-order valence-electron chi connectivity index (χ3n) is 2.38. The second kappa shape index (κ2) is 5.44. The van der Waals surface area contributed by atoms with E-state index in [0.29, 0.717) is 12.2 Å². The molecule has 0 saturated heterocycles. The van der Waals surface area contributed by atoms with Gasteiger partial charge >= 0.3 is 5.97 Å². The van der Waals surface area contributed by atoms with Crippen LogP contribution in [0.4, 0.5) is 11.5 Å². The first kappa shape index (κ1) is 13.9. The second-order valence-corrected chi connectivity index (χ2v) is 4.56. The molecule has 7 nitrogen and oxygen atoms in total. The van der Waals surface area contributed by atoms with Crippen molar-refractivity contribution in [1.29, 1.82) is 0 Å². The highest BCUT2D eigenvalue weighted by molar-refractivity contribution is 5.66. The van der Waals surface area contributed by atoms with Gasteiger partial charge in [-0.2, -0.15) is 0 Å². The Bertz CT molecular complexity index is 459. The fourth-order valence-electron chi connectivity index (χ4n) is 1.43. The Morgan fingerprint density at radius 2 is 2.28 bits per heavy atom. The number of nitrogens with one attached hydrogen (secondary N) is 1. The van der Waals surface area contributed by atoms with Crippen LogP contribution < -0.4 is 5.32 Å². The van der Waals surface area contributed by atoms with Crippen molar-refractivity contribution >= 4 is 17.5 Å². The monoisotopic (exact) mass is 253 g/mol. The summed E-state index contributed by atoms with van der Waals surface area (Å²) in [5, 5.41) is 22.2. The average molecular weight is 253 g/mol. The zero-order valence-electron chi connectivity index (χ0n) is 10.2. The number of pyridine rings is 1. The van der Waals surface area contributed by atoms with Gasteiger partial charge in [0.05, 0.1) is 11.0 Å². The minimum atomic E-state index is -0.878. The summed E-state index contributed by atoms with van der Waals surface area (Å²) in [5.41, 5.74) is -0.554. The first-order chi connectivity index (χ1) is 8.30. The van der Waals surface area contributed by atoms with E-state index in [4.69, 9.17) is 5.11 Å². The number of aliphatic carboxylic acids is 1. The van der Waals surface area contributed by atoms with E-state index < -0.39 is 16.4 Å². The van der Waals surface area contributed by atoms with Gasteiger partial charge in [0.25, 0.3) is 5.69 Å². The molecule has 0 atom stereocenters. The predicted octanol–water partition coefficient (Wildman–Crippen LogP) is 2.05. The van der Waals surface area contributed by atoms with Crippen molar-refractivity contribution in [2.75, 3.05) is 5.32 Å². The van der Waals surface area contributed by atoms with Crippen molar-refractivity contribution < 1.29 is 14.8 Å². The highest BCUT2D eigenvalue weighted by atomic mass is 16.6. The molecule has 0 radical (unpaired) electrons. The summed E-state index contributed by atoms with van der Waals surface area (Å²) in [4.78, 5) is 24.6. The van der Waals surface area contributed by atoms with Gasteiger partial charge in [0.2, 0.25) is 0 Å². The molecular formula is C11H15N3O4. The van der Waals surface area contributed by atoms with Crippen molar-refractivity contribution in [3.05, 3.63) is 28.4 Å². The number of aromatic nitrogens is 1. The number of carboxylic acid groups (broad SMARTS) is 1. The molecule has 0 aliphatic carbocycles. The standard InChI is InChI=1S/C11H15N3O4/c1-11(2,5-3-10(15)16)13-9-7-8(14(17)18)4-6-12-9/h4,6-7H,3,5H2,1-2H3,(H,12,13)(H,15,16). The van der Waals surface area contributed by atoms with E-state index in [1.165, 1.54) is 18.3 Å². The lowest BCUT2D eigenvalue weighted by Gasteiger charge is -2.26. The van der Waals surface area contributed by atoms with Gasteiger partial charge in [-0.3, -0.25) is 14.9 Å². The number of nitro groups is 1. The first-order valence-electron chi connectivity index (χ1n) is 5.40. The molecule has 0 aliphatic rings. The Morgan fingerprint density at radius 3 is 2.83 bits per heavy atom. The van der Waals surface area contributed by atoms with E-state index in [1.807, 2.05) is 13.8 Å². The molecule has 2 N–H and O–H groups in total. The number of hydrogen-bond acceptors (Lipinski definition) is 5. The maximum atomic E-state index is 10.6. The molecule has 1 aromatic rings. The van der Waals surface area contributed by atoms with Crippen LogP contribution in [0, 0.1) is 10.1 Å². The van der Waals surface area contributed by atoms with Gasteiger partial charge in [0.1, 0.15) is 5.82 Å². The maximum absolute atomic E-state index is 10.6. The molecule has 0 fully saturated rings. The Labute approximate surface area is 104 Å². The summed E-state index contributed by atoms with van der Waals surface area (Å²) < 4.78 is 0. The van der Waals surface area contributed by atoms with Crippen LogP contribution in [0.25, 0.3) is 0 Å². The Balaban J connectivity index is 2.74. The molecule has 0 spiro atoms. The van der Waals surface area contributed by atoms with E-state index in [-0.39, 0.29) is 12.1 Å². The van der Waals surface area contributed by atoms with Gasteiger partial charge in [0, 0.05) is 24.2 Å². The summed E-state index contributed by atoms with van der Waals surface area (Å²) in [6.07, 6.45) is 1.76. The molecule has 0 unspecified atom stereocenters.